The summed E-state index contributed by atoms with van der Waals surface area (Å²) in [5.41, 5.74) is 12.5. The Balaban J connectivity index is 0.965. The average Bonchev–Trinajstić information content (AvgIpc) is 1.46. The van der Waals surface area contributed by atoms with Crippen LogP contribution in [0.15, 0.2) is 84.9 Å². The molecule has 5 rings (SSSR count). The number of aryl methyl sites for hydroxylation is 1. The highest BCUT2D eigenvalue weighted by Gasteiger charge is 2.42. The summed E-state index contributed by atoms with van der Waals surface area (Å²) >= 11 is 0. The molecule has 11 N–H and O–H groups in total. The molecule has 0 spiro atoms. The van der Waals surface area contributed by atoms with Crippen LogP contribution in [0.2, 0.25) is 0 Å². The summed E-state index contributed by atoms with van der Waals surface area (Å²) in [5.74, 6) is -4.63. The Kier molecular flexibility index (Phi) is 46.8. The molecule has 0 bridgehead atoms. The molecule has 34 heteroatoms. The molecule has 670 valence electrons. The van der Waals surface area contributed by atoms with Crippen LogP contribution in [0.4, 0.5) is 15.3 Å². The maximum absolute atomic E-state index is 14.8. The molecule has 4 aromatic rings. The van der Waals surface area contributed by atoms with Gasteiger partial charge in [-0.05, 0) is 111 Å². The lowest BCUT2D eigenvalue weighted by atomic mass is 9.89. The van der Waals surface area contributed by atoms with Gasteiger partial charge in [-0.15, -0.1) is 5.43 Å². The van der Waals surface area contributed by atoms with Gasteiger partial charge < -0.3 is 101 Å². The Morgan fingerprint density at radius 1 is 0.625 bits per heavy atom. The third-order valence-corrected chi connectivity index (χ3v) is 21.0. The lowest BCUT2D eigenvalue weighted by Crippen LogP contribution is -2.60. The number of fused-ring (bicyclic) bond motifs is 1. The SMILES string of the molecule is CCC(C)C(C(CC(=O)N1CCCC1CC(C)[N+](=O)NC(C)Cc1ccccc1)OC)N(C)C(=O)C(NC(=O)C(C(C)C)N(C)C(=O)OCc1ccc(NC(=O)C(CCCNC(N)=O)NC(=O)C(NC(=O)CCOCCOCCOCCOCCOCCOCCNC(=O)CNC(=O)CCn2c(CNC)cc3ccccc32)C(C)C)cc1)C(C)C. The number of carbonyl (C=O) groups excluding carboxylic acids is 10. The molecule has 1 aliphatic rings. The molecule has 0 radical (unpaired) electrons. The number of urea groups is 1. The Morgan fingerprint density at radius 3 is 1.82 bits per heavy atom. The second kappa shape index (κ2) is 55.5. The summed E-state index contributed by atoms with van der Waals surface area (Å²) in [5, 5.41) is 23.5. The first kappa shape index (κ1) is 101. The summed E-state index contributed by atoms with van der Waals surface area (Å²) in [4.78, 5) is 153. The van der Waals surface area contributed by atoms with E-state index < -0.39 is 102 Å². The second-order valence-corrected chi connectivity index (χ2v) is 31.5. The number of carbonyl (C=O) groups is 10. The van der Waals surface area contributed by atoms with Crippen molar-refractivity contribution in [2.24, 2.45) is 29.4 Å². The van der Waals surface area contributed by atoms with Crippen LogP contribution >= 0.6 is 0 Å². The van der Waals surface area contributed by atoms with Crippen molar-refractivity contribution in [3.05, 3.63) is 107 Å². The highest BCUT2D eigenvalue weighted by atomic mass is 16.6. The Morgan fingerprint density at radius 2 is 1.23 bits per heavy atom. The third kappa shape index (κ3) is 36.1. The van der Waals surface area contributed by atoms with Crippen LogP contribution in [0, 0.1) is 28.6 Å². The van der Waals surface area contributed by atoms with Crippen molar-refractivity contribution >= 4 is 76.0 Å². The molecule has 10 unspecified atom stereocenters. The van der Waals surface area contributed by atoms with Gasteiger partial charge in [-0.1, -0.05) is 122 Å². The third-order valence-electron chi connectivity index (χ3n) is 21.0. The quantitative estimate of drug-likeness (QED) is 0.0140. The number of nitroso groups, excluding NO2 is 1. The maximum atomic E-state index is 14.8. The number of rotatable bonds is 60. The molecule has 1 aliphatic heterocycles. The van der Waals surface area contributed by atoms with Gasteiger partial charge in [0.2, 0.25) is 53.3 Å². The van der Waals surface area contributed by atoms with E-state index in [4.69, 9.17) is 43.6 Å². The number of anilines is 1. The molecule has 120 heavy (non-hydrogen) atoms. The minimum atomic E-state index is -1.12. The van der Waals surface area contributed by atoms with Gasteiger partial charge in [0.25, 0.3) is 0 Å². The van der Waals surface area contributed by atoms with Gasteiger partial charge in [-0.25, -0.2) is 9.59 Å². The number of nitrogens with two attached hydrogens (primary N) is 1. The molecule has 34 nitrogen and oxygen atoms in total. The van der Waals surface area contributed by atoms with Crippen LogP contribution in [-0.2, 0) is 102 Å². The monoisotopic (exact) mass is 1690 g/mol. The molecule has 1 fully saturated rings. The van der Waals surface area contributed by atoms with Crippen LogP contribution in [0.25, 0.3) is 10.9 Å². The molecule has 0 saturated carbocycles. The van der Waals surface area contributed by atoms with Crippen molar-refractivity contribution in [2.75, 3.05) is 139 Å². The van der Waals surface area contributed by atoms with Gasteiger partial charge in [0.05, 0.1) is 115 Å². The lowest BCUT2D eigenvalue weighted by molar-refractivity contribution is -0.643. The van der Waals surface area contributed by atoms with E-state index in [-0.39, 0.29) is 114 Å². The smallest absolute Gasteiger partial charge is 0.410 e. The highest BCUT2D eigenvalue weighted by molar-refractivity contribution is 5.98. The first-order valence-electron chi connectivity index (χ1n) is 42.3. The summed E-state index contributed by atoms with van der Waals surface area (Å²) in [6.07, 6.45) is 2.32. The highest BCUT2D eigenvalue weighted by Crippen LogP contribution is 2.29. The van der Waals surface area contributed by atoms with E-state index in [9.17, 15) is 52.9 Å². The fraction of sp³-hybridized carbons (Fsp3) is 0.651. The summed E-state index contributed by atoms with van der Waals surface area (Å²) in [6.45, 7) is 23.8. The number of benzene rings is 3. The average molecular weight is 1690 g/mol. The van der Waals surface area contributed by atoms with E-state index in [1.54, 1.807) is 63.9 Å². The van der Waals surface area contributed by atoms with E-state index in [0.717, 1.165) is 39.9 Å². The molecular formula is C86H138N15O19+. The van der Waals surface area contributed by atoms with E-state index in [0.29, 0.717) is 110 Å². The predicted molar refractivity (Wildman–Crippen MR) is 455 cm³/mol. The van der Waals surface area contributed by atoms with Gasteiger partial charge in [0.15, 0.2) is 0 Å². The first-order valence-corrected chi connectivity index (χ1v) is 42.3. The number of aromatic nitrogens is 1. The number of hydrazine groups is 1. The zero-order chi connectivity index (χ0) is 88.1. The number of hydrogen-bond acceptors (Lipinski definition) is 20. The zero-order valence-electron chi connectivity index (χ0n) is 73.2. The Hall–Kier alpha value is -9.42. The number of methoxy groups -OCH3 is 1. The zero-order valence-corrected chi connectivity index (χ0v) is 73.2. The second-order valence-electron chi connectivity index (χ2n) is 31.5. The minimum Gasteiger partial charge on any atom is -0.445 e. The van der Waals surface area contributed by atoms with Crippen molar-refractivity contribution in [1.82, 2.24) is 61.9 Å². The summed E-state index contributed by atoms with van der Waals surface area (Å²) in [6, 6.07) is 20.2. The van der Waals surface area contributed by atoms with Crippen LogP contribution in [0.3, 0.4) is 0 Å². The summed E-state index contributed by atoms with van der Waals surface area (Å²) in [7, 11) is 6.52. The Bertz CT molecular complexity index is 3780. The lowest BCUT2D eigenvalue weighted by Gasteiger charge is -2.40. The van der Waals surface area contributed by atoms with E-state index in [1.165, 1.54) is 19.1 Å². The van der Waals surface area contributed by atoms with Crippen molar-refractivity contribution < 1.29 is 90.7 Å². The van der Waals surface area contributed by atoms with Crippen LogP contribution in [0.5, 0.6) is 0 Å². The van der Waals surface area contributed by atoms with Crippen molar-refractivity contribution in [3.8, 4) is 0 Å². The van der Waals surface area contributed by atoms with E-state index in [2.05, 4.69) is 58.6 Å². The number of likely N-dealkylation sites (N-methyl/N-ethyl adjacent to an activating group) is 2. The number of nitrogens with one attached hydrogen (secondary N) is 9. The largest absolute Gasteiger partial charge is 0.445 e. The molecule has 3 aromatic carbocycles. The standard InChI is InChI=1S/C86H137N15O19/c1-15-61(8)80(72(113-14)54-76(105)100-37-22-26-68(100)52-63(10)101(112)96-62(9)51-64-23-17-16-18-24-64)97(12)84(109)78(59(4)5)95-83(108)79(60(6)7)98(13)86(111)120-57-65-29-31-67(32-30-65)92-81(106)70(27-21-35-90-85(87)110)93-82(107)77(58(2)3)94-74(103)34-39-114-41-43-116-45-47-118-49-50-119-48-46-117-44-42-115-40-36-89-75(104)56-91-73(102)33-38-99-69(55-88-11)53-66-25-19-20-28-71(66)99/h16-20,23-25,28-32,53,58-63,68,70,72,77-80,88H,15,21-22,26-27,33-52,54-57H2,1-14H3,(H9-,87,89,90,91,92,93,94,95,96,102,103,104,106,107,108,110,112)/p+1. The van der Waals surface area contributed by atoms with Gasteiger partial charge in [0, 0.05) is 103 Å². The van der Waals surface area contributed by atoms with Crippen LogP contribution < -0.4 is 53.7 Å². The van der Waals surface area contributed by atoms with Crippen molar-refractivity contribution in [3.63, 3.8) is 0 Å². The molecule has 2 heterocycles. The van der Waals surface area contributed by atoms with E-state index in [1.807, 2.05) is 108 Å². The predicted octanol–water partition coefficient (Wildman–Crippen LogP) is 5.88. The number of primary amides is 1. The van der Waals surface area contributed by atoms with Gasteiger partial charge in [0.1, 0.15) is 35.6 Å². The molecule has 1 aromatic heterocycles. The van der Waals surface area contributed by atoms with Gasteiger partial charge in [-0.3, -0.25) is 43.3 Å². The number of amides is 11. The molecule has 1 saturated heterocycles. The van der Waals surface area contributed by atoms with Gasteiger partial charge >= 0.3 is 12.1 Å². The van der Waals surface area contributed by atoms with Crippen LogP contribution in [-0.4, -0.2) is 272 Å². The number of likely N-dealkylation sites (tertiary alicyclic amines) is 1. The fourth-order valence-corrected chi connectivity index (χ4v) is 14.3. The number of hydrogen-bond donors (Lipinski definition) is 10. The topological polar surface area (TPSA) is 414 Å². The number of nitrogens with zero attached hydrogens (tertiary/aromatic N) is 5. The fourth-order valence-electron chi connectivity index (χ4n) is 14.3. The van der Waals surface area contributed by atoms with Crippen molar-refractivity contribution in [2.45, 2.75) is 208 Å². The maximum Gasteiger partial charge on any atom is 0.410 e. The van der Waals surface area contributed by atoms with Crippen molar-refractivity contribution in [1.29, 1.82) is 0 Å². The number of para-hydroxylation sites is 1. The van der Waals surface area contributed by atoms with Crippen LogP contribution in [0.1, 0.15) is 144 Å². The Labute approximate surface area is 708 Å². The molecule has 0 aliphatic carbocycles. The minimum absolute atomic E-state index is 0.0100. The molecular weight excluding hydrogens is 1550 g/mol. The first-order chi connectivity index (χ1) is 57.5. The number of ether oxygens (including phenoxy) is 8. The summed E-state index contributed by atoms with van der Waals surface area (Å²) < 4.78 is 47.3. The molecule has 11 amide bonds. The normalized spacial score (nSPS) is 15.0. The molecule has 10 atom stereocenters. The van der Waals surface area contributed by atoms with E-state index >= 15 is 0 Å². The van der Waals surface area contributed by atoms with Gasteiger partial charge in [-0.2, -0.15) is 0 Å².